The second kappa shape index (κ2) is 7.64. The zero-order valence-corrected chi connectivity index (χ0v) is 13.5. The first kappa shape index (κ1) is 16.1. The van der Waals surface area contributed by atoms with Gasteiger partial charge in [0.15, 0.2) is 0 Å². The van der Waals surface area contributed by atoms with E-state index in [-0.39, 0.29) is 0 Å². The molecule has 0 fully saturated rings. The van der Waals surface area contributed by atoms with Gasteiger partial charge in [0, 0.05) is 30.7 Å². The number of nitrogens with one attached hydrogen (secondary N) is 2. The Labute approximate surface area is 128 Å². The Balaban J connectivity index is 1.87. The van der Waals surface area contributed by atoms with Gasteiger partial charge in [-0.2, -0.15) is 0 Å². The minimum atomic E-state index is -3.44. The van der Waals surface area contributed by atoms with Gasteiger partial charge in [-0.3, -0.25) is 4.68 Å². The van der Waals surface area contributed by atoms with Crippen molar-refractivity contribution in [2.45, 2.75) is 31.3 Å². The van der Waals surface area contributed by atoms with Crippen LogP contribution in [0.2, 0.25) is 0 Å². The molecule has 0 atom stereocenters. The van der Waals surface area contributed by atoms with Crippen LogP contribution in [0.15, 0.2) is 28.7 Å². The first-order chi connectivity index (χ1) is 10.1. The van der Waals surface area contributed by atoms with Crippen molar-refractivity contribution in [3.8, 4) is 0 Å². The number of aryl methyl sites for hydroxylation is 1. The molecule has 2 N–H and O–H groups in total. The van der Waals surface area contributed by atoms with Crippen molar-refractivity contribution in [3.63, 3.8) is 0 Å². The van der Waals surface area contributed by atoms with Crippen molar-refractivity contribution in [1.82, 2.24) is 25.0 Å². The molecule has 0 aromatic carbocycles. The van der Waals surface area contributed by atoms with Crippen molar-refractivity contribution in [1.29, 1.82) is 0 Å². The fraction of sp³-hybridized carbons (Fsp3) is 0.500. The lowest BCUT2D eigenvalue weighted by atomic mass is 10.4. The van der Waals surface area contributed by atoms with Crippen molar-refractivity contribution >= 4 is 21.4 Å². The molecule has 0 radical (unpaired) electrons. The lowest BCUT2D eigenvalue weighted by Crippen LogP contribution is -2.26. The van der Waals surface area contributed by atoms with Crippen LogP contribution in [0.4, 0.5) is 0 Å². The summed E-state index contributed by atoms with van der Waals surface area (Å²) in [4.78, 5) is 1.20. The van der Waals surface area contributed by atoms with Crippen LogP contribution in [0.3, 0.4) is 0 Å². The molecule has 2 heterocycles. The number of rotatable bonds is 9. The number of hydrogen-bond donors (Lipinski definition) is 2. The lowest BCUT2D eigenvalue weighted by Gasteiger charge is -2.08. The Morgan fingerprint density at radius 1 is 1.43 bits per heavy atom. The molecule has 7 nitrogen and oxygen atoms in total. The molecule has 0 spiro atoms. The summed E-state index contributed by atoms with van der Waals surface area (Å²) in [6.07, 6.45) is 4.01. The predicted octanol–water partition coefficient (Wildman–Crippen LogP) is 0.818. The molecule has 2 aromatic rings. The van der Waals surface area contributed by atoms with Crippen LogP contribution in [0.1, 0.15) is 18.2 Å². The standard InChI is InChI=1S/C12H19N5O2S2/c1-2-13-10-11-12(4-9-20-11)21(18,19)15-5-3-7-17-8-6-14-16-17/h4,6,8-9,13,15H,2-3,5,7,10H2,1H3. The maximum Gasteiger partial charge on any atom is 0.241 e. The van der Waals surface area contributed by atoms with Gasteiger partial charge in [0.1, 0.15) is 0 Å². The topological polar surface area (TPSA) is 88.9 Å². The van der Waals surface area contributed by atoms with Gasteiger partial charge in [-0.05, 0) is 24.4 Å². The Morgan fingerprint density at radius 2 is 2.29 bits per heavy atom. The number of aromatic nitrogens is 3. The highest BCUT2D eigenvalue weighted by Crippen LogP contribution is 2.21. The molecule has 2 aromatic heterocycles. The molecule has 0 bridgehead atoms. The third-order valence-electron chi connectivity index (χ3n) is 2.86. The van der Waals surface area contributed by atoms with Gasteiger partial charge in [0.2, 0.25) is 10.0 Å². The van der Waals surface area contributed by atoms with E-state index in [0.717, 1.165) is 11.4 Å². The second-order valence-electron chi connectivity index (χ2n) is 4.41. The van der Waals surface area contributed by atoms with E-state index in [1.165, 1.54) is 11.3 Å². The summed E-state index contributed by atoms with van der Waals surface area (Å²) in [6.45, 7) is 4.38. The van der Waals surface area contributed by atoms with Gasteiger partial charge in [-0.25, -0.2) is 13.1 Å². The van der Waals surface area contributed by atoms with Gasteiger partial charge in [0.25, 0.3) is 0 Å². The fourth-order valence-corrected chi connectivity index (χ4v) is 4.30. The zero-order chi connectivity index (χ0) is 15.1. The predicted molar refractivity (Wildman–Crippen MR) is 81.5 cm³/mol. The van der Waals surface area contributed by atoms with Crippen LogP contribution in [0.25, 0.3) is 0 Å². The average molecular weight is 329 g/mol. The highest BCUT2D eigenvalue weighted by molar-refractivity contribution is 7.89. The molecule has 0 aliphatic carbocycles. The van der Waals surface area contributed by atoms with E-state index in [1.807, 2.05) is 6.92 Å². The molecule has 0 saturated carbocycles. The van der Waals surface area contributed by atoms with Crippen LogP contribution < -0.4 is 10.0 Å². The van der Waals surface area contributed by atoms with Gasteiger partial charge in [-0.15, -0.1) is 16.4 Å². The first-order valence-corrected chi connectivity index (χ1v) is 9.10. The average Bonchev–Trinajstić information content (AvgIpc) is 3.12. The highest BCUT2D eigenvalue weighted by Gasteiger charge is 2.18. The molecule has 116 valence electrons. The van der Waals surface area contributed by atoms with Gasteiger partial charge in [0.05, 0.1) is 11.1 Å². The third kappa shape index (κ3) is 4.60. The van der Waals surface area contributed by atoms with E-state index >= 15 is 0 Å². The Kier molecular flexibility index (Phi) is 5.85. The Hall–Kier alpha value is -1.29. The summed E-state index contributed by atoms with van der Waals surface area (Å²) in [5.74, 6) is 0. The maximum atomic E-state index is 12.3. The quantitative estimate of drug-likeness (QED) is 0.665. The number of nitrogens with zero attached hydrogens (tertiary/aromatic N) is 3. The van der Waals surface area contributed by atoms with Crippen LogP contribution in [0, 0.1) is 0 Å². The molecule has 0 aliphatic heterocycles. The summed E-state index contributed by atoms with van der Waals surface area (Å²) in [5.41, 5.74) is 0. The molecule has 21 heavy (non-hydrogen) atoms. The van der Waals surface area contributed by atoms with Gasteiger partial charge in [-0.1, -0.05) is 12.1 Å². The number of hydrogen-bond acceptors (Lipinski definition) is 6. The monoisotopic (exact) mass is 329 g/mol. The van der Waals surface area contributed by atoms with E-state index in [0.29, 0.717) is 31.0 Å². The van der Waals surface area contributed by atoms with Crippen LogP contribution in [-0.4, -0.2) is 36.5 Å². The van der Waals surface area contributed by atoms with Crippen molar-refractivity contribution in [2.24, 2.45) is 0 Å². The Bertz CT molecular complexity index is 636. The third-order valence-corrected chi connectivity index (χ3v) is 5.45. The molecule has 0 unspecified atom stereocenters. The highest BCUT2D eigenvalue weighted by atomic mass is 32.2. The molecule has 0 amide bonds. The first-order valence-electron chi connectivity index (χ1n) is 6.74. The van der Waals surface area contributed by atoms with Crippen molar-refractivity contribution in [3.05, 3.63) is 28.7 Å². The zero-order valence-electron chi connectivity index (χ0n) is 11.8. The molecule has 9 heteroatoms. The normalized spacial score (nSPS) is 11.9. The smallest absolute Gasteiger partial charge is 0.241 e. The fourth-order valence-electron chi connectivity index (χ4n) is 1.81. The van der Waals surface area contributed by atoms with Gasteiger partial charge < -0.3 is 5.32 Å². The minimum absolute atomic E-state index is 0.370. The number of sulfonamides is 1. The molecule has 2 rings (SSSR count). The molecule has 0 aliphatic rings. The van der Waals surface area contributed by atoms with Crippen LogP contribution in [0.5, 0.6) is 0 Å². The largest absolute Gasteiger partial charge is 0.312 e. The summed E-state index contributed by atoms with van der Waals surface area (Å²) < 4.78 is 28.8. The van der Waals surface area contributed by atoms with E-state index in [2.05, 4.69) is 20.4 Å². The van der Waals surface area contributed by atoms with E-state index in [9.17, 15) is 8.42 Å². The second-order valence-corrected chi connectivity index (χ2v) is 7.14. The molecular weight excluding hydrogens is 310 g/mol. The summed E-state index contributed by atoms with van der Waals surface area (Å²) in [7, 11) is -3.44. The van der Waals surface area contributed by atoms with Crippen LogP contribution >= 0.6 is 11.3 Å². The van der Waals surface area contributed by atoms with Crippen molar-refractivity contribution in [2.75, 3.05) is 13.1 Å². The summed E-state index contributed by atoms with van der Waals surface area (Å²) >= 11 is 1.45. The van der Waals surface area contributed by atoms with Crippen LogP contribution in [-0.2, 0) is 23.1 Å². The Morgan fingerprint density at radius 3 is 3.00 bits per heavy atom. The SMILES string of the molecule is CCNCc1sccc1S(=O)(=O)NCCCn1ccnn1. The number of thiophene rings is 1. The van der Waals surface area contributed by atoms with E-state index < -0.39 is 10.0 Å². The minimum Gasteiger partial charge on any atom is -0.312 e. The van der Waals surface area contributed by atoms with E-state index in [1.54, 1.807) is 28.5 Å². The maximum absolute atomic E-state index is 12.3. The molecule has 0 saturated heterocycles. The molecular formula is C12H19N5O2S2. The van der Waals surface area contributed by atoms with E-state index in [4.69, 9.17) is 0 Å². The summed E-state index contributed by atoms with van der Waals surface area (Å²) in [5, 5.41) is 12.5. The van der Waals surface area contributed by atoms with Crippen molar-refractivity contribution < 1.29 is 8.42 Å². The van der Waals surface area contributed by atoms with Gasteiger partial charge >= 0.3 is 0 Å². The lowest BCUT2D eigenvalue weighted by molar-refractivity contribution is 0.542. The summed E-state index contributed by atoms with van der Waals surface area (Å²) in [6, 6.07) is 1.65.